The van der Waals surface area contributed by atoms with Crippen molar-refractivity contribution >= 4 is 11.5 Å². The lowest BCUT2D eigenvalue weighted by atomic mass is 9.98. The molecule has 8 nitrogen and oxygen atoms in total. The van der Waals surface area contributed by atoms with Crippen molar-refractivity contribution in [3.63, 3.8) is 0 Å². The molecule has 0 radical (unpaired) electrons. The molecular weight excluding hydrogens is 384 g/mol. The van der Waals surface area contributed by atoms with Crippen LogP contribution in [0.2, 0.25) is 0 Å². The highest BCUT2D eigenvalue weighted by molar-refractivity contribution is 5.82. The first-order valence-electron chi connectivity index (χ1n) is 9.36. The van der Waals surface area contributed by atoms with Crippen LogP contribution in [0.25, 0.3) is 22.4 Å². The van der Waals surface area contributed by atoms with Gasteiger partial charge in [0.1, 0.15) is 23.2 Å². The van der Waals surface area contributed by atoms with Crippen molar-refractivity contribution in [2.75, 3.05) is 12.3 Å². The molecule has 3 N–H and O–H groups in total. The van der Waals surface area contributed by atoms with E-state index in [1.807, 2.05) is 43.3 Å². The Labute approximate surface area is 173 Å². The summed E-state index contributed by atoms with van der Waals surface area (Å²) in [4.78, 5) is 15.2. The lowest BCUT2D eigenvalue weighted by Gasteiger charge is -2.13. The van der Waals surface area contributed by atoms with Crippen molar-refractivity contribution in [1.82, 2.24) is 4.98 Å². The van der Waals surface area contributed by atoms with Crippen molar-refractivity contribution in [2.45, 2.75) is 19.8 Å². The number of aromatic nitrogens is 1. The van der Waals surface area contributed by atoms with Gasteiger partial charge in [-0.05, 0) is 18.1 Å². The number of anilines is 1. The van der Waals surface area contributed by atoms with Crippen LogP contribution in [0, 0.1) is 21.4 Å². The standard InChI is InChI=1S/C22H20N4O4/c1-2-3-9-30-21-12-20(27)16(11-19(21)26(28)29)18-10-15(14-7-5-4-6-8-14)17(13-23)22(24)25-18/h4-8,10-12,27H,2-3,9H2,1H3,(H2,24,25). The lowest BCUT2D eigenvalue weighted by Crippen LogP contribution is -2.02. The van der Waals surface area contributed by atoms with Crippen molar-refractivity contribution in [1.29, 1.82) is 5.26 Å². The molecule has 30 heavy (non-hydrogen) atoms. The fourth-order valence-corrected chi connectivity index (χ4v) is 3.01. The molecule has 0 saturated heterocycles. The van der Waals surface area contributed by atoms with E-state index < -0.39 is 4.92 Å². The molecule has 8 heteroatoms. The predicted octanol–water partition coefficient (Wildman–Crippen LogP) is 4.66. The minimum atomic E-state index is -0.574. The highest BCUT2D eigenvalue weighted by atomic mass is 16.6. The van der Waals surface area contributed by atoms with Crippen molar-refractivity contribution in [3.8, 4) is 40.0 Å². The SMILES string of the molecule is CCCCOc1cc(O)c(-c2cc(-c3ccccc3)c(C#N)c(N)n2)cc1[N+](=O)[O-]. The molecule has 0 fully saturated rings. The van der Waals surface area contributed by atoms with E-state index in [0.717, 1.165) is 18.4 Å². The number of rotatable bonds is 7. The summed E-state index contributed by atoms with van der Waals surface area (Å²) in [5.41, 5.74) is 7.49. The van der Waals surface area contributed by atoms with Crippen LogP contribution >= 0.6 is 0 Å². The Morgan fingerprint density at radius 1 is 1.23 bits per heavy atom. The summed E-state index contributed by atoms with van der Waals surface area (Å²) >= 11 is 0. The van der Waals surface area contributed by atoms with E-state index in [0.29, 0.717) is 12.2 Å². The maximum Gasteiger partial charge on any atom is 0.311 e. The number of phenols is 1. The van der Waals surface area contributed by atoms with E-state index in [1.54, 1.807) is 6.07 Å². The van der Waals surface area contributed by atoms with Gasteiger partial charge < -0.3 is 15.6 Å². The highest BCUT2D eigenvalue weighted by Gasteiger charge is 2.22. The molecule has 3 rings (SSSR count). The summed E-state index contributed by atoms with van der Waals surface area (Å²) in [5, 5.41) is 31.6. The number of nitrogen functional groups attached to an aromatic ring is 1. The summed E-state index contributed by atoms with van der Waals surface area (Å²) in [6.07, 6.45) is 1.60. The number of nitro benzene ring substituents is 1. The van der Waals surface area contributed by atoms with Gasteiger partial charge in [-0.25, -0.2) is 4.98 Å². The Bertz CT molecular complexity index is 1120. The Morgan fingerprint density at radius 3 is 2.60 bits per heavy atom. The van der Waals surface area contributed by atoms with E-state index in [2.05, 4.69) is 4.98 Å². The van der Waals surface area contributed by atoms with E-state index in [1.165, 1.54) is 12.1 Å². The van der Waals surface area contributed by atoms with E-state index >= 15 is 0 Å². The Morgan fingerprint density at radius 2 is 1.97 bits per heavy atom. The molecule has 152 valence electrons. The maximum absolute atomic E-state index is 11.6. The van der Waals surface area contributed by atoms with E-state index in [4.69, 9.17) is 10.5 Å². The van der Waals surface area contributed by atoms with Gasteiger partial charge in [0, 0.05) is 23.3 Å². The zero-order valence-electron chi connectivity index (χ0n) is 16.3. The number of benzene rings is 2. The molecule has 2 aromatic carbocycles. The van der Waals surface area contributed by atoms with Gasteiger partial charge in [-0.1, -0.05) is 43.7 Å². The first-order valence-corrected chi connectivity index (χ1v) is 9.36. The molecule has 0 aliphatic heterocycles. The van der Waals surface area contributed by atoms with Gasteiger partial charge in [0.2, 0.25) is 5.75 Å². The Balaban J connectivity index is 2.16. The zero-order chi connectivity index (χ0) is 21.7. The van der Waals surface area contributed by atoms with Crippen LogP contribution in [0.15, 0.2) is 48.5 Å². The minimum absolute atomic E-state index is 0.0143. The number of phenolic OH excluding ortho intramolecular Hbond substituents is 1. The van der Waals surface area contributed by atoms with Gasteiger partial charge in [-0.15, -0.1) is 0 Å². The molecule has 1 heterocycles. The second-order valence-corrected chi connectivity index (χ2v) is 6.59. The quantitative estimate of drug-likeness (QED) is 0.332. The summed E-state index contributed by atoms with van der Waals surface area (Å²) in [5.74, 6) is -0.276. The maximum atomic E-state index is 11.6. The summed E-state index contributed by atoms with van der Waals surface area (Å²) in [6, 6.07) is 15.1. The number of aromatic hydroxyl groups is 1. The van der Waals surface area contributed by atoms with Crippen LogP contribution < -0.4 is 10.5 Å². The first-order chi connectivity index (χ1) is 14.5. The number of nitro groups is 1. The number of nitrogens with zero attached hydrogens (tertiary/aromatic N) is 3. The number of nitriles is 1. The molecule has 0 amide bonds. The molecule has 0 spiro atoms. The average molecular weight is 404 g/mol. The van der Waals surface area contributed by atoms with Crippen LogP contribution in [-0.4, -0.2) is 21.6 Å². The van der Waals surface area contributed by atoms with Crippen LogP contribution in [-0.2, 0) is 0 Å². The number of unbranched alkanes of at least 4 members (excludes halogenated alkanes) is 1. The first kappa shape index (κ1) is 20.6. The van der Waals surface area contributed by atoms with Gasteiger partial charge in [0.05, 0.1) is 17.2 Å². The van der Waals surface area contributed by atoms with E-state index in [9.17, 15) is 20.5 Å². The average Bonchev–Trinajstić information content (AvgIpc) is 2.74. The fourth-order valence-electron chi connectivity index (χ4n) is 3.01. The molecule has 0 bridgehead atoms. The summed E-state index contributed by atoms with van der Waals surface area (Å²) < 4.78 is 5.47. The number of hydrogen-bond donors (Lipinski definition) is 2. The Hall–Kier alpha value is -4.12. The second-order valence-electron chi connectivity index (χ2n) is 6.59. The fraction of sp³-hybridized carbons (Fsp3) is 0.182. The third-order valence-electron chi connectivity index (χ3n) is 4.55. The Kier molecular flexibility index (Phi) is 6.13. The van der Waals surface area contributed by atoms with Gasteiger partial charge >= 0.3 is 5.69 Å². The summed E-state index contributed by atoms with van der Waals surface area (Å²) in [7, 11) is 0. The van der Waals surface area contributed by atoms with Crippen LogP contribution in [0.3, 0.4) is 0 Å². The third kappa shape index (κ3) is 4.15. The van der Waals surface area contributed by atoms with Gasteiger partial charge in [0.15, 0.2) is 0 Å². The molecule has 3 aromatic rings. The van der Waals surface area contributed by atoms with Crippen molar-refractivity contribution in [2.24, 2.45) is 0 Å². The summed E-state index contributed by atoms with van der Waals surface area (Å²) in [6.45, 7) is 2.28. The molecule has 0 aliphatic rings. The van der Waals surface area contributed by atoms with Crippen LogP contribution in [0.4, 0.5) is 11.5 Å². The second kappa shape index (κ2) is 8.92. The third-order valence-corrected chi connectivity index (χ3v) is 4.55. The normalized spacial score (nSPS) is 10.4. The predicted molar refractivity (Wildman–Crippen MR) is 113 cm³/mol. The van der Waals surface area contributed by atoms with Gasteiger partial charge in [0.25, 0.3) is 0 Å². The van der Waals surface area contributed by atoms with Crippen LogP contribution in [0.1, 0.15) is 25.3 Å². The molecule has 0 aliphatic carbocycles. The number of hydrogen-bond acceptors (Lipinski definition) is 7. The van der Waals surface area contributed by atoms with Gasteiger partial charge in [-0.3, -0.25) is 10.1 Å². The smallest absolute Gasteiger partial charge is 0.311 e. The molecule has 0 saturated carbocycles. The highest BCUT2D eigenvalue weighted by Crippen LogP contribution is 2.41. The van der Waals surface area contributed by atoms with Crippen molar-refractivity contribution in [3.05, 3.63) is 64.2 Å². The monoisotopic (exact) mass is 404 g/mol. The van der Waals surface area contributed by atoms with Crippen molar-refractivity contribution < 1.29 is 14.8 Å². The molecular formula is C22H20N4O4. The minimum Gasteiger partial charge on any atom is -0.507 e. The number of ether oxygens (including phenoxy) is 1. The topological polar surface area (TPSA) is 135 Å². The molecule has 0 unspecified atom stereocenters. The molecule has 0 atom stereocenters. The largest absolute Gasteiger partial charge is 0.507 e. The molecule has 1 aromatic heterocycles. The number of nitrogens with two attached hydrogens (primary N) is 1. The van der Waals surface area contributed by atoms with E-state index in [-0.39, 0.29) is 39.8 Å². The lowest BCUT2D eigenvalue weighted by molar-refractivity contribution is -0.385. The van der Waals surface area contributed by atoms with Gasteiger partial charge in [-0.2, -0.15) is 5.26 Å². The number of pyridine rings is 1. The van der Waals surface area contributed by atoms with Crippen LogP contribution in [0.5, 0.6) is 11.5 Å². The zero-order valence-corrected chi connectivity index (χ0v) is 16.3.